The molecule has 0 unspecified atom stereocenters. The summed E-state index contributed by atoms with van der Waals surface area (Å²) in [6, 6.07) is 22.5. The first-order valence-electron chi connectivity index (χ1n) is 8.67. The number of ether oxygens (including phenoxy) is 2. The standard InChI is InChI=1S/C22H20N2O4/c1-27-19-11-7-16(8-12-19)21(25)15-28-20-13-9-18(10-14-20)24-22(26)23-17-5-3-2-4-6-17/h2-14H,15H2,1H3,(H2,23,24,26). The van der Waals surface area contributed by atoms with Crippen molar-refractivity contribution in [3.63, 3.8) is 0 Å². The highest BCUT2D eigenvalue weighted by Gasteiger charge is 2.08. The highest BCUT2D eigenvalue weighted by atomic mass is 16.5. The minimum absolute atomic E-state index is 0.0758. The van der Waals surface area contributed by atoms with Crippen LogP contribution in [-0.4, -0.2) is 25.5 Å². The number of hydrogen-bond donors (Lipinski definition) is 2. The topological polar surface area (TPSA) is 76.7 Å². The lowest BCUT2D eigenvalue weighted by Gasteiger charge is -2.09. The predicted octanol–water partition coefficient (Wildman–Crippen LogP) is 4.60. The second kappa shape index (κ2) is 9.23. The number of benzene rings is 3. The van der Waals surface area contributed by atoms with E-state index in [4.69, 9.17) is 9.47 Å². The van der Waals surface area contributed by atoms with E-state index < -0.39 is 0 Å². The molecule has 28 heavy (non-hydrogen) atoms. The van der Waals surface area contributed by atoms with Gasteiger partial charge < -0.3 is 20.1 Å². The zero-order valence-electron chi connectivity index (χ0n) is 15.3. The molecular formula is C22H20N2O4. The Kier molecular flexibility index (Phi) is 6.25. The van der Waals surface area contributed by atoms with Gasteiger partial charge in [0.25, 0.3) is 0 Å². The SMILES string of the molecule is COc1ccc(C(=O)COc2ccc(NC(=O)Nc3ccccc3)cc2)cc1. The second-order valence-electron chi connectivity index (χ2n) is 5.91. The first-order chi connectivity index (χ1) is 13.6. The molecule has 0 heterocycles. The summed E-state index contributed by atoms with van der Waals surface area (Å²) in [5, 5.41) is 5.47. The van der Waals surface area contributed by atoms with Crippen molar-refractivity contribution >= 4 is 23.2 Å². The molecule has 0 aliphatic carbocycles. The van der Waals surface area contributed by atoms with Crippen molar-refractivity contribution in [1.29, 1.82) is 0 Å². The average Bonchev–Trinajstić information content (AvgIpc) is 2.73. The van der Waals surface area contributed by atoms with Crippen LogP contribution in [0.3, 0.4) is 0 Å². The van der Waals surface area contributed by atoms with Gasteiger partial charge in [-0.2, -0.15) is 0 Å². The summed E-state index contributed by atoms with van der Waals surface area (Å²) in [6.45, 7) is -0.0758. The zero-order chi connectivity index (χ0) is 19.8. The smallest absolute Gasteiger partial charge is 0.323 e. The lowest BCUT2D eigenvalue weighted by molar-refractivity contribution is 0.0921. The maximum absolute atomic E-state index is 12.2. The molecule has 0 atom stereocenters. The lowest BCUT2D eigenvalue weighted by Crippen LogP contribution is -2.19. The Morgan fingerprint density at radius 2 is 1.32 bits per heavy atom. The average molecular weight is 376 g/mol. The molecule has 3 aromatic rings. The lowest BCUT2D eigenvalue weighted by atomic mass is 10.1. The van der Waals surface area contributed by atoms with Crippen LogP contribution in [0.25, 0.3) is 0 Å². The van der Waals surface area contributed by atoms with Crippen molar-refractivity contribution < 1.29 is 19.1 Å². The van der Waals surface area contributed by atoms with E-state index in [9.17, 15) is 9.59 Å². The molecule has 0 saturated carbocycles. The number of carbonyl (C=O) groups excluding carboxylic acids is 2. The summed E-state index contributed by atoms with van der Waals surface area (Å²) < 4.78 is 10.6. The highest BCUT2D eigenvalue weighted by Crippen LogP contribution is 2.17. The number of para-hydroxylation sites is 1. The van der Waals surface area contributed by atoms with Gasteiger partial charge in [0.1, 0.15) is 11.5 Å². The number of anilines is 2. The fourth-order valence-electron chi connectivity index (χ4n) is 2.46. The summed E-state index contributed by atoms with van der Waals surface area (Å²) in [5.74, 6) is 1.10. The van der Waals surface area contributed by atoms with Gasteiger partial charge in [0.15, 0.2) is 12.4 Å². The van der Waals surface area contributed by atoms with Crippen molar-refractivity contribution in [3.05, 3.63) is 84.4 Å². The van der Waals surface area contributed by atoms with Gasteiger partial charge in [-0.05, 0) is 60.7 Å². The van der Waals surface area contributed by atoms with Gasteiger partial charge in [-0.15, -0.1) is 0 Å². The van der Waals surface area contributed by atoms with Gasteiger partial charge in [0.05, 0.1) is 7.11 Å². The number of hydrogen-bond acceptors (Lipinski definition) is 4. The van der Waals surface area contributed by atoms with E-state index in [0.717, 1.165) is 0 Å². The predicted molar refractivity (Wildman–Crippen MR) is 108 cm³/mol. The molecule has 0 aromatic heterocycles. The molecule has 2 N–H and O–H groups in total. The Morgan fingerprint density at radius 3 is 1.93 bits per heavy atom. The highest BCUT2D eigenvalue weighted by molar-refractivity contribution is 5.99. The van der Waals surface area contributed by atoms with Crippen molar-refractivity contribution in [3.8, 4) is 11.5 Å². The number of carbonyl (C=O) groups is 2. The molecule has 6 nitrogen and oxygen atoms in total. The summed E-state index contributed by atoms with van der Waals surface area (Å²) in [5.41, 5.74) is 1.87. The van der Waals surface area contributed by atoms with Crippen LogP contribution in [0.2, 0.25) is 0 Å². The molecule has 0 radical (unpaired) electrons. The molecule has 142 valence electrons. The quantitative estimate of drug-likeness (QED) is 0.591. The molecule has 0 spiro atoms. The van der Waals surface area contributed by atoms with E-state index in [-0.39, 0.29) is 18.4 Å². The van der Waals surface area contributed by atoms with E-state index in [1.165, 1.54) is 0 Å². The van der Waals surface area contributed by atoms with E-state index in [1.807, 2.05) is 18.2 Å². The van der Waals surface area contributed by atoms with Crippen LogP contribution in [0, 0.1) is 0 Å². The maximum atomic E-state index is 12.2. The number of urea groups is 1. The summed E-state index contributed by atoms with van der Waals surface area (Å²) in [7, 11) is 1.57. The van der Waals surface area contributed by atoms with E-state index in [2.05, 4.69) is 10.6 Å². The van der Waals surface area contributed by atoms with E-state index >= 15 is 0 Å². The molecule has 6 heteroatoms. The van der Waals surface area contributed by atoms with Crippen LogP contribution in [-0.2, 0) is 0 Å². The Morgan fingerprint density at radius 1 is 0.750 bits per heavy atom. The summed E-state index contributed by atoms with van der Waals surface area (Å²) >= 11 is 0. The van der Waals surface area contributed by atoms with Gasteiger partial charge in [-0.1, -0.05) is 18.2 Å². The van der Waals surface area contributed by atoms with Crippen LogP contribution < -0.4 is 20.1 Å². The number of rotatable bonds is 7. The van der Waals surface area contributed by atoms with Crippen LogP contribution in [0.15, 0.2) is 78.9 Å². The monoisotopic (exact) mass is 376 g/mol. The first kappa shape index (κ1) is 19.0. The molecule has 0 aliphatic rings. The number of Topliss-reactive ketones (excluding diaryl/α,β-unsaturated/α-hetero) is 1. The number of ketones is 1. The normalized spacial score (nSPS) is 10.0. The van der Waals surface area contributed by atoms with Crippen molar-refractivity contribution in [1.82, 2.24) is 0 Å². The third-order valence-electron chi connectivity index (χ3n) is 3.93. The molecule has 0 bridgehead atoms. The van der Waals surface area contributed by atoms with Crippen LogP contribution >= 0.6 is 0 Å². The third kappa shape index (κ3) is 5.35. The Labute approximate surface area is 163 Å². The van der Waals surface area contributed by atoms with Gasteiger partial charge in [-0.25, -0.2) is 4.79 Å². The van der Waals surface area contributed by atoms with E-state index in [0.29, 0.717) is 28.4 Å². The fourth-order valence-corrected chi connectivity index (χ4v) is 2.46. The van der Waals surface area contributed by atoms with Crippen LogP contribution in [0.1, 0.15) is 10.4 Å². The number of methoxy groups -OCH3 is 1. The third-order valence-corrected chi connectivity index (χ3v) is 3.93. The van der Waals surface area contributed by atoms with Crippen LogP contribution in [0.4, 0.5) is 16.2 Å². The Bertz CT molecular complexity index is 923. The fraction of sp³-hybridized carbons (Fsp3) is 0.0909. The van der Waals surface area contributed by atoms with Gasteiger partial charge in [0.2, 0.25) is 0 Å². The molecule has 0 saturated heterocycles. The first-order valence-corrected chi connectivity index (χ1v) is 8.67. The molecule has 2 amide bonds. The molecular weight excluding hydrogens is 356 g/mol. The Balaban J connectivity index is 1.49. The molecule has 3 aromatic carbocycles. The minimum Gasteiger partial charge on any atom is -0.497 e. The largest absolute Gasteiger partial charge is 0.497 e. The summed E-state index contributed by atoms with van der Waals surface area (Å²) in [6.07, 6.45) is 0. The van der Waals surface area contributed by atoms with Gasteiger partial charge in [0, 0.05) is 16.9 Å². The van der Waals surface area contributed by atoms with Gasteiger partial charge in [-0.3, -0.25) is 4.79 Å². The van der Waals surface area contributed by atoms with Crippen molar-refractivity contribution in [2.24, 2.45) is 0 Å². The molecule has 3 rings (SSSR count). The molecule has 0 fully saturated rings. The number of nitrogens with one attached hydrogen (secondary N) is 2. The van der Waals surface area contributed by atoms with Gasteiger partial charge >= 0.3 is 6.03 Å². The Hall–Kier alpha value is -3.80. The zero-order valence-corrected chi connectivity index (χ0v) is 15.3. The van der Waals surface area contributed by atoms with E-state index in [1.54, 1.807) is 67.8 Å². The summed E-state index contributed by atoms with van der Waals surface area (Å²) in [4.78, 5) is 24.1. The van der Waals surface area contributed by atoms with Crippen molar-refractivity contribution in [2.75, 3.05) is 24.4 Å². The van der Waals surface area contributed by atoms with Crippen LogP contribution in [0.5, 0.6) is 11.5 Å². The number of amides is 2. The minimum atomic E-state index is -0.338. The maximum Gasteiger partial charge on any atom is 0.323 e. The molecule has 0 aliphatic heterocycles. The second-order valence-corrected chi connectivity index (χ2v) is 5.91. The van der Waals surface area contributed by atoms with Crippen molar-refractivity contribution in [2.45, 2.75) is 0 Å².